The third-order valence-electron chi connectivity index (χ3n) is 6.69. The van der Waals surface area contributed by atoms with Crippen LogP contribution in [0.5, 0.6) is 0 Å². The van der Waals surface area contributed by atoms with Crippen molar-refractivity contribution in [2.45, 2.75) is 50.1 Å². The van der Waals surface area contributed by atoms with Gasteiger partial charge in [-0.2, -0.15) is 18.3 Å². The molecule has 3 aromatic rings. The van der Waals surface area contributed by atoms with Crippen LogP contribution in [-0.2, 0) is 17.2 Å². The van der Waals surface area contributed by atoms with Gasteiger partial charge in [-0.25, -0.2) is 4.68 Å². The smallest absolute Gasteiger partial charge is 0.377 e. The maximum atomic E-state index is 14.6. The molecule has 176 valence electrons. The van der Waals surface area contributed by atoms with E-state index in [1.54, 1.807) is 44.2 Å². The van der Waals surface area contributed by atoms with Crippen molar-refractivity contribution < 1.29 is 23.0 Å². The average Bonchev–Trinajstić information content (AvgIpc) is 2.73. The fraction of sp³-hybridized carbons (Fsp3) is 0.417. The number of hydrogen-bond acceptors (Lipinski definition) is 5. The van der Waals surface area contributed by atoms with Gasteiger partial charge in [0, 0.05) is 30.6 Å². The molecule has 0 fully saturated rings. The molecule has 2 aromatic carbocycles. The number of ether oxygens (including phenoxy) is 1. The summed E-state index contributed by atoms with van der Waals surface area (Å²) < 4.78 is 50.4. The quantitative estimate of drug-likeness (QED) is 0.617. The normalized spacial score (nSPS) is 24.5. The second kappa shape index (κ2) is 7.56. The Balaban J connectivity index is 2.00. The first-order valence-corrected chi connectivity index (χ1v) is 10.5. The van der Waals surface area contributed by atoms with Gasteiger partial charge < -0.3 is 15.2 Å². The van der Waals surface area contributed by atoms with Crippen LogP contribution in [-0.4, -0.2) is 39.9 Å². The van der Waals surface area contributed by atoms with Gasteiger partial charge in [-0.3, -0.25) is 4.79 Å². The standard InChI is InChI=1S/C24H26F3N3O3/c1-13-9-10-15-17(11-13)22(2,3)21(33-5)23(32,24(25,26)27)19(15)29-18-8-6-7-14-16(18)12-28-30(4)20(14)31/h6-12,19,21,29,32H,1-5H3. The molecule has 2 N–H and O–H groups in total. The predicted octanol–water partition coefficient (Wildman–Crippen LogP) is 3.99. The van der Waals surface area contributed by atoms with Crippen LogP contribution < -0.4 is 10.9 Å². The van der Waals surface area contributed by atoms with Crippen molar-refractivity contribution >= 4 is 16.5 Å². The third-order valence-corrected chi connectivity index (χ3v) is 6.69. The zero-order valence-corrected chi connectivity index (χ0v) is 19.0. The molecule has 0 saturated heterocycles. The van der Waals surface area contributed by atoms with Gasteiger partial charge in [0.25, 0.3) is 5.56 Å². The van der Waals surface area contributed by atoms with Crippen LogP contribution in [0.4, 0.5) is 18.9 Å². The summed E-state index contributed by atoms with van der Waals surface area (Å²) >= 11 is 0. The molecule has 0 saturated carbocycles. The Morgan fingerprint density at radius 2 is 1.88 bits per heavy atom. The van der Waals surface area contributed by atoms with E-state index in [1.807, 2.05) is 13.0 Å². The number of fused-ring (bicyclic) bond motifs is 2. The molecule has 0 amide bonds. The molecule has 4 rings (SSSR count). The summed E-state index contributed by atoms with van der Waals surface area (Å²) in [5, 5.41) is 19.0. The van der Waals surface area contributed by atoms with Crippen molar-refractivity contribution in [1.82, 2.24) is 9.78 Å². The minimum Gasteiger partial charge on any atom is -0.377 e. The number of methoxy groups -OCH3 is 1. The van der Waals surface area contributed by atoms with Gasteiger partial charge in [0.05, 0.1) is 17.6 Å². The minimum absolute atomic E-state index is 0.256. The van der Waals surface area contributed by atoms with Gasteiger partial charge in [-0.15, -0.1) is 0 Å². The number of aromatic nitrogens is 2. The van der Waals surface area contributed by atoms with Crippen molar-refractivity contribution in [3.63, 3.8) is 0 Å². The number of nitrogens with zero attached hydrogens (tertiary/aromatic N) is 2. The number of hydrogen-bond donors (Lipinski definition) is 2. The Labute approximate surface area is 189 Å². The molecule has 1 aliphatic rings. The Morgan fingerprint density at radius 1 is 1.18 bits per heavy atom. The van der Waals surface area contributed by atoms with Crippen LogP contribution in [0.1, 0.15) is 36.6 Å². The second-order valence-electron chi connectivity index (χ2n) is 9.17. The van der Waals surface area contributed by atoms with Crippen LogP contribution in [0.25, 0.3) is 10.8 Å². The summed E-state index contributed by atoms with van der Waals surface area (Å²) in [6.45, 7) is 5.13. The molecule has 3 unspecified atom stereocenters. The topological polar surface area (TPSA) is 76.4 Å². The number of aryl methyl sites for hydroxylation is 2. The van der Waals surface area contributed by atoms with Crippen molar-refractivity contribution in [1.29, 1.82) is 0 Å². The van der Waals surface area contributed by atoms with Gasteiger partial charge in [-0.05, 0) is 30.2 Å². The number of alkyl halides is 3. The molecule has 0 radical (unpaired) electrons. The van der Waals surface area contributed by atoms with E-state index in [0.717, 1.165) is 10.2 Å². The number of anilines is 1. The fourth-order valence-corrected chi connectivity index (χ4v) is 5.08. The number of rotatable bonds is 3. The summed E-state index contributed by atoms with van der Waals surface area (Å²) in [5.74, 6) is 0. The van der Waals surface area contributed by atoms with Gasteiger partial charge in [-0.1, -0.05) is 43.7 Å². The number of aliphatic hydroxyl groups is 1. The molecule has 0 aliphatic heterocycles. The highest BCUT2D eigenvalue weighted by molar-refractivity contribution is 5.92. The molecule has 0 bridgehead atoms. The molecular formula is C24H26F3N3O3. The summed E-state index contributed by atoms with van der Waals surface area (Å²) in [5.41, 5.74) is -2.69. The van der Waals surface area contributed by atoms with Crippen LogP contribution in [0.15, 0.2) is 47.4 Å². The largest absolute Gasteiger partial charge is 0.422 e. The van der Waals surface area contributed by atoms with E-state index in [1.165, 1.54) is 20.4 Å². The molecule has 9 heteroatoms. The highest BCUT2D eigenvalue weighted by Crippen LogP contribution is 2.55. The van der Waals surface area contributed by atoms with Gasteiger partial charge in [0.2, 0.25) is 5.60 Å². The van der Waals surface area contributed by atoms with Crippen molar-refractivity contribution in [3.05, 3.63) is 69.6 Å². The summed E-state index contributed by atoms with van der Waals surface area (Å²) in [6.07, 6.45) is -5.20. The van der Waals surface area contributed by atoms with E-state index in [2.05, 4.69) is 10.4 Å². The SMILES string of the molecule is COC1C(C)(C)c2cc(C)ccc2C(Nc2cccc3c(=O)n(C)ncc23)C1(O)C(F)(F)F. The monoisotopic (exact) mass is 461 g/mol. The summed E-state index contributed by atoms with van der Waals surface area (Å²) in [7, 11) is 2.67. The molecule has 1 aliphatic carbocycles. The number of benzene rings is 2. The highest BCUT2D eigenvalue weighted by Gasteiger charge is 2.70. The van der Waals surface area contributed by atoms with E-state index >= 15 is 0 Å². The van der Waals surface area contributed by atoms with E-state index in [4.69, 9.17) is 4.74 Å². The van der Waals surface area contributed by atoms with Gasteiger partial charge >= 0.3 is 6.18 Å². The van der Waals surface area contributed by atoms with E-state index in [0.29, 0.717) is 21.9 Å². The first kappa shape index (κ1) is 23.3. The van der Waals surface area contributed by atoms with Crippen LogP contribution in [0.2, 0.25) is 0 Å². The van der Waals surface area contributed by atoms with Gasteiger partial charge in [0.1, 0.15) is 6.10 Å². The lowest BCUT2D eigenvalue weighted by atomic mass is 9.61. The Kier molecular flexibility index (Phi) is 5.33. The first-order chi connectivity index (χ1) is 15.3. The Morgan fingerprint density at radius 3 is 2.52 bits per heavy atom. The summed E-state index contributed by atoms with van der Waals surface area (Å²) in [6, 6.07) is 8.28. The molecule has 1 aromatic heterocycles. The maximum absolute atomic E-state index is 14.6. The lowest BCUT2D eigenvalue weighted by Crippen LogP contribution is -2.68. The van der Waals surface area contributed by atoms with Crippen molar-refractivity contribution in [2.75, 3.05) is 12.4 Å². The van der Waals surface area contributed by atoms with Crippen LogP contribution in [0.3, 0.4) is 0 Å². The number of halogens is 3. The van der Waals surface area contributed by atoms with Gasteiger partial charge in [0.15, 0.2) is 0 Å². The molecule has 6 nitrogen and oxygen atoms in total. The molecule has 3 atom stereocenters. The zero-order valence-electron chi connectivity index (χ0n) is 19.0. The van der Waals surface area contributed by atoms with Crippen molar-refractivity contribution in [2.24, 2.45) is 7.05 Å². The van der Waals surface area contributed by atoms with Crippen LogP contribution >= 0.6 is 0 Å². The molecule has 0 spiro atoms. The highest BCUT2D eigenvalue weighted by atomic mass is 19.4. The van der Waals surface area contributed by atoms with E-state index in [9.17, 15) is 23.1 Å². The predicted molar refractivity (Wildman–Crippen MR) is 119 cm³/mol. The van der Waals surface area contributed by atoms with E-state index < -0.39 is 29.3 Å². The maximum Gasteiger partial charge on any atom is 0.422 e. The Hall–Kier alpha value is -2.91. The third kappa shape index (κ3) is 3.33. The number of nitrogens with one attached hydrogen (secondary N) is 1. The fourth-order valence-electron chi connectivity index (χ4n) is 5.08. The first-order valence-electron chi connectivity index (χ1n) is 10.5. The molecule has 1 heterocycles. The average molecular weight is 461 g/mol. The van der Waals surface area contributed by atoms with Crippen molar-refractivity contribution in [3.8, 4) is 0 Å². The minimum atomic E-state index is -5.02. The summed E-state index contributed by atoms with van der Waals surface area (Å²) in [4.78, 5) is 12.5. The molecule has 33 heavy (non-hydrogen) atoms. The lowest BCUT2D eigenvalue weighted by Gasteiger charge is -2.53. The second-order valence-corrected chi connectivity index (χ2v) is 9.17. The Bertz CT molecular complexity index is 1290. The molecular weight excluding hydrogens is 435 g/mol. The lowest BCUT2D eigenvalue weighted by molar-refractivity contribution is -0.311. The van der Waals surface area contributed by atoms with E-state index in [-0.39, 0.29) is 11.2 Å². The van der Waals surface area contributed by atoms with Crippen LogP contribution in [0, 0.1) is 6.92 Å². The zero-order chi connectivity index (χ0) is 24.3.